The highest BCUT2D eigenvalue weighted by Crippen LogP contribution is 2.14. The van der Waals surface area contributed by atoms with Crippen molar-refractivity contribution in [2.45, 2.75) is 0 Å². The minimum absolute atomic E-state index is 0.0383. The Hall–Kier alpha value is -4.82. The Kier molecular flexibility index (Phi) is 8.36. The molecule has 0 unspecified atom stereocenters. The van der Waals surface area contributed by atoms with Gasteiger partial charge in [0, 0.05) is 21.2 Å². The van der Waals surface area contributed by atoms with Crippen LogP contribution in [-0.4, -0.2) is 51.4 Å². The molecular weight excluding hydrogens is 523 g/mol. The minimum Gasteiger partial charge on any atom is -0.380 e. The molecule has 16 heteroatoms. The van der Waals surface area contributed by atoms with Gasteiger partial charge in [0.25, 0.3) is 0 Å². The van der Waals surface area contributed by atoms with Crippen LogP contribution in [0.1, 0.15) is 22.5 Å². The molecule has 0 aliphatic carbocycles. The van der Waals surface area contributed by atoms with E-state index in [1.807, 2.05) is 12.1 Å². The van der Waals surface area contributed by atoms with Crippen molar-refractivity contribution in [2.24, 2.45) is 31.9 Å². The summed E-state index contributed by atoms with van der Waals surface area (Å²) in [5.41, 5.74) is 13.6. The van der Waals surface area contributed by atoms with Crippen molar-refractivity contribution in [2.75, 3.05) is 17.3 Å². The molecule has 0 aliphatic heterocycles. The van der Waals surface area contributed by atoms with Gasteiger partial charge in [0.15, 0.2) is 23.1 Å². The maximum atomic E-state index is 6.08. The van der Waals surface area contributed by atoms with E-state index in [4.69, 9.17) is 43.9 Å². The van der Waals surface area contributed by atoms with Gasteiger partial charge in [0.2, 0.25) is 11.6 Å². The van der Waals surface area contributed by atoms with E-state index in [1.165, 1.54) is 12.4 Å². The summed E-state index contributed by atoms with van der Waals surface area (Å²) in [6, 6.07) is 14.3. The average Bonchev–Trinajstić information content (AvgIpc) is 3.56. The number of amidine groups is 2. The highest BCUT2D eigenvalue weighted by molar-refractivity contribution is 6.33. The SMILES string of the molecule is NC(=NN=Cc1ccccc1Cl)c1nonc1NCNc1nonc1C(N)=NN=Cc1ccccc1Cl. The summed E-state index contributed by atoms with van der Waals surface area (Å²) in [5.74, 6) is 0.323. The molecule has 6 N–H and O–H groups in total. The summed E-state index contributed by atoms with van der Waals surface area (Å²) in [5, 5.41) is 37.6. The van der Waals surface area contributed by atoms with E-state index in [0.717, 1.165) is 0 Å². The van der Waals surface area contributed by atoms with Crippen molar-refractivity contribution < 1.29 is 9.26 Å². The zero-order chi connectivity index (χ0) is 26.0. The van der Waals surface area contributed by atoms with Crippen LogP contribution in [0.15, 0.2) is 78.2 Å². The maximum absolute atomic E-state index is 6.08. The molecule has 0 atom stereocenters. The monoisotopic (exact) mass is 540 g/mol. The minimum atomic E-state index is -0.0383. The van der Waals surface area contributed by atoms with Crippen molar-refractivity contribution in [1.82, 2.24) is 20.6 Å². The second-order valence-electron chi connectivity index (χ2n) is 6.96. The van der Waals surface area contributed by atoms with Crippen molar-refractivity contribution in [1.29, 1.82) is 0 Å². The van der Waals surface area contributed by atoms with Crippen LogP contribution in [0.4, 0.5) is 11.6 Å². The van der Waals surface area contributed by atoms with Crippen LogP contribution < -0.4 is 22.1 Å². The van der Waals surface area contributed by atoms with Crippen LogP contribution in [0.3, 0.4) is 0 Å². The molecule has 0 aliphatic rings. The van der Waals surface area contributed by atoms with Crippen LogP contribution in [0.5, 0.6) is 0 Å². The summed E-state index contributed by atoms with van der Waals surface area (Å²) in [6.45, 7) is 0.0781. The summed E-state index contributed by atoms with van der Waals surface area (Å²) >= 11 is 12.2. The number of hydrogen-bond acceptors (Lipinski definition) is 12. The van der Waals surface area contributed by atoms with Crippen LogP contribution >= 0.6 is 23.2 Å². The van der Waals surface area contributed by atoms with E-state index in [-0.39, 0.29) is 41.4 Å². The Morgan fingerprint density at radius 1 is 0.730 bits per heavy atom. The first-order chi connectivity index (χ1) is 18.0. The third kappa shape index (κ3) is 6.65. The number of anilines is 2. The van der Waals surface area contributed by atoms with Gasteiger partial charge in [-0.1, -0.05) is 59.6 Å². The van der Waals surface area contributed by atoms with E-state index in [1.54, 1.807) is 36.4 Å². The summed E-state index contributed by atoms with van der Waals surface area (Å²) in [6.07, 6.45) is 2.92. The smallest absolute Gasteiger partial charge is 0.203 e. The number of nitrogens with two attached hydrogens (primary N) is 2. The number of nitrogens with one attached hydrogen (secondary N) is 2. The zero-order valence-corrected chi connectivity index (χ0v) is 20.3. The molecule has 188 valence electrons. The standard InChI is InChI=1S/C21H18Cl2N12O2/c22-14-7-3-1-5-12(14)9-28-30-18(24)16-20(34-36-32-16)26-11-27-21-17(33-37-35-21)19(25)31-29-10-13-6-2-4-8-15(13)23/h1-10H,11H2,(H2,24,30)(H2,25,31)(H,26,34)(H,27,35). The van der Waals surface area contributed by atoms with Gasteiger partial charge in [-0.25, -0.2) is 9.26 Å². The molecule has 4 aromatic rings. The predicted octanol–water partition coefficient (Wildman–Crippen LogP) is 2.72. The van der Waals surface area contributed by atoms with Gasteiger partial charge in [-0.2, -0.15) is 10.2 Å². The zero-order valence-electron chi connectivity index (χ0n) is 18.8. The fourth-order valence-electron chi connectivity index (χ4n) is 2.72. The highest BCUT2D eigenvalue weighted by atomic mass is 35.5. The predicted molar refractivity (Wildman–Crippen MR) is 140 cm³/mol. The molecule has 2 aromatic carbocycles. The lowest BCUT2D eigenvalue weighted by molar-refractivity contribution is 0.307. The normalized spacial score (nSPS) is 12.5. The molecule has 0 saturated carbocycles. The lowest BCUT2D eigenvalue weighted by atomic mass is 10.2. The Bertz CT molecular complexity index is 1370. The molecule has 2 heterocycles. The van der Waals surface area contributed by atoms with Crippen LogP contribution in [-0.2, 0) is 0 Å². The second kappa shape index (κ2) is 12.2. The molecule has 0 bridgehead atoms. The number of rotatable bonds is 10. The van der Waals surface area contributed by atoms with E-state index < -0.39 is 0 Å². The van der Waals surface area contributed by atoms with Crippen molar-refractivity contribution in [3.63, 3.8) is 0 Å². The molecule has 37 heavy (non-hydrogen) atoms. The van der Waals surface area contributed by atoms with Gasteiger partial charge in [-0.05, 0) is 32.8 Å². The molecular formula is C21H18Cl2N12O2. The quantitative estimate of drug-likeness (QED) is 0.1000. The van der Waals surface area contributed by atoms with Gasteiger partial charge in [0.05, 0.1) is 19.1 Å². The summed E-state index contributed by atoms with van der Waals surface area (Å²) < 4.78 is 9.51. The molecule has 0 fully saturated rings. The van der Waals surface area contributed by atoms with E-state index in [2.05, 4.69) is 51.7 Å². The van der Waals surface area contributed by atoms with Gasteiger partial charge < -0.3 is 22.1 Å². The number of aromatic nitrogens is 4. The van der Waals surface area contributed by atoms with Crippen LogP contribution in [0.2, 0.25) is 10.0 Å². The first-order valence-electron chi connectivity index (χ1n) is 10.4. The van der Waals surface area contributed by atoms with Crippen LogP contribution in [0, 0.1) is 0 Å². The van der Waals surface area contributed by atoms with E-state index in [0.29, 0.717) is 21.2 Å². The molecule has 0 amide bonds. The first kappa shape index (κ1) is 25.3. The third-order valence-corrected chi connectivity index (χ3v) is 5.20. The lowest BCUT2D eigenvalue weighted by Crippen LogP contribution is -2.21. The Morgan fingerprint density at radius 3 is 1.59 bits per heavy atom. The highest BCUT2D eigenvalue weighted by Gasteiger charge is 2.16. The van der Waals surface area contributed by atoms with Crippen molar-refractivity contribution in [3.8, 4) is 0 Å². The lowest BCUT2D eigenvalue weighted by Gasteiger charge is -2.05. The van der Waals surface area contributed by atoms with Crippen LogP contribution in [0.25, 0.3) is 0 Å². The van der Waals surface area contributed by atoms with E-state index >= 15 is 0 Å². The Morgan fingerprint density at radius 2 is 1.16 bits per heavy atom. The van der Waals surface area contributed by atoms with E-state index in [9.17, 15) is 0 Å². The third-order valence-electron chi connectivity index (χ3n) is 4.51. The second-order valence-corrected chi connectivity index (χ2v) is 7.77. The number of benzene rings is 2. The van der Waals surface area contributed by atoms with Gasteiger partial charge in [-0.15, -0.1) is 10.2 Å². The average molecular weight is 541 g/mol. The van der Waals surface area contributed by atoms with Gasteiger partial charge in [-0.3, -0.25) is 0 Å². The first-order valence-corrected chi connectivity index (χ1v) is 11.1. The van der Waals surface area contributed by atoms with Gasteiger partial charge in [0.1, 0.15) is 0 Å². The molecule has 0 radical (unpaired) electrons. The largest absolute Gasteiger partial charge is 0.380 e. The number of halogens is 2. The van der Waals surface area contributed by atoms with Crippen molar-refractivity contribution >= 4 is 58.9 Å². The fourth-order valence-corrected chi connectivity index (χ4v) is 3.09. The molecule has 2 aromatic heterocycles. The summed E-state index contributed by atoms with van der Waals surface area (Å²) in [4.78, 5) is 0. The topological polar surface area (TPSA) is 203 Å². The van der Waals surface area contributed by atoms with Crippen molar-refractivity contribution in [3.05, 3.63) is 81.1 Å². The maximum Gasteiger partial charge on any atom is 0.203 e. The van der Waals surface area contributed by atoms with Gasteiger partial charge >= 0.3 is 0 Å². The summed E-state index contributed by atoms with van der Waals surface area (Å²) in [7, 11) is 0. The number of nitrogens with zero attached hydrogens (tertiary/aromatic N) is 8. The fraction of sp³-hybridized carbons (Fsp3) is 0.0476. The Balaban J connectivity index is 1.36. The molecule has 4 rings (SSSR count). The number of hydrogen-bond donors (Lipinski definition) is 4. The molecule has 0 saturated heterocycles. The Labute approximate surface area is 219 Å². The molecule has 14 nitrogen and oxygen atoms in total. The molecule has 0 spiro atoms.